The summed E-state index contributed by atoms with van der Waals surface area (Å²) >= 11 is 1.35. The van der Waals surface area contributed by atoms with Crippen LogP contribution in [-0.2, 0) is 11.3 Å². The minimum Gasteiger partial charge on any atom is -0.497 e. The molecular weight excluding hydrogens is 456 g/mol. The Morgan fingerprint density at radius 3 is 2.91 bits per heavy atom. The summed E-state index contributed by atoms with van der Waals surface area (Å²) in [7, 11) is 1.53. The van der Waals surface area contributed by atoms with E-state index in [9.17, 15) is 14.4 Å². The molecule has 1 fully saturated rings. The summed E-state index contributed by atoms with van der Waals surface area (Å²) in [6, 6.07) is 4.60. The second-order valence-corrected chi connectivity index (χ2v) is 9.01. The third kappa shape index (κ3) is 3.88. The highest BCUT2D eigenvalue weighted by Gasteiger charge is 2.48. The van der Waals surface area contributed by atoms with Crippen molar-refractivity contribution in [1.82, 2.24) is 20.5 Å². The van der Waals surface area contributed by atoms with E-state index in [1.165, 1.54) is 23.3 Å². The number of hydrogen-bond donors (Lipinski definition) is 3. The van der Waals surface area contributed by atoms with Crippen molar-refractivity contribution in [2.75, 3.05) is 19.4 Å². The molecule has 3 aliphatic heterocycles. The van der Waals surface area contributed by atoms with Gasteiger partial charge in [-0.05, 0) is 24.1 Å². The van der Waals surface area contributed by atoms with E-state index in [4.69, 9.17) is 10.5 Å². The largest absolute Gasteiger partial charge is 0.497 e. The quantitative estimate of drug-likeness (QED) is 0.451. The van der Waals surface area contributed by atoms with E-state index in [2.05, 4.69) is 32.5 Å². The van der Waals surface area contributed by atoms with Crippen LogP contribution in [0.2, 0.25) is 0 Å². The molecular formula is C23H20N6O4S. The maximum atomic E-state index is 13.0. The molecule has 0 radical (unpaired) electrons. The van der Waals surface area contributed by atoms with E-state index in [0.717, 1.165) is 11.3 Å². The van der Waals surface area contributed by atoms with Crippen molar-refractivity contribution in [1.29, 1.82) is 0 Å². The van der Waals surface area contributed by atoms with Gasteiger partial charge in [0.05, 0.1) is 19.3 Å². The molecule has 1 unspecified atom stereocenters. The average Bonchev–Trinajstić information content (AvgIpc) is 3.48. The van der Waals surface area contributed by atoms with Crippen LogP contribution in [0.15, 0.2) is 40.3 Å². The van der Waals surface area contributed by atoms with E-state index in [1.807, 2.05) is 11.4 Å². The number of aromatic nitrogens is 1. The molecule has 1 aromatic heterocycles. The zero-order chi connectivity index (χ0) is 23.9. The van der Waals surface area contributed by atoms with Crippen molar-refractivity contribution in [2.24, 2.45) is 4.99 Å². The first-order chi connectivity index (χ1) is 16.4. The Bertz CT molecular complexity index is 1340. The molecule has 10 nitrogen and oxygen atoms in total. The standard InChI is InChI=1S/C23H20N6O4S/c1-33-16-3-2-14-10-29(19(30)17(14)7-16)12-23(20(31)27-22(32)28-23)5-4-13-6-15(9-25-8-13)18-11-34-21(24)26-18/h2-3,7-9,11,15H,6,10,12H2,1H3,(H2,24,26)(H2,27,28,31,32)/t15?,23-/m1/s1. The van der Waals surface area contributed by atoms with E-state index in [-0.39, 0.29) is 18.4 Å². The molecule has 4 N–H and O–H groups in total. The molecule has 1 saturated heterocycles. The zero-order valence-electron chi connectivity index (χ0n) is 18.1. The van der Waals surface area contributed by atoms with Gasteiger partial charge in [-0.25, -0.2) is 9.78 Å². The van der Waals surface area contributed by atoms with Gasteiger partial charge in [-0.2, -0.15) is 0 Å². The van der Waals surface area contributed by atoms with Crippen LogP contribution >= 0.6 is 11.3 Å². The van der Waals surface area contributed by atoms with Crippen LogP contribution in [0.4, 0.5) is 9.93 Å². The van der Waals surface area contributed by atoms with Gasteiger partial charge in [-0.1, -0.05) is 17.9 Å². The van der Waals surface area contributed by atoms with Crippen molar-refractivity contribution >= 4 is 40.5 Å². The number of nitrogens with zero attached hydrogens (tertiary/aromatic N) is 3. The molecule has 2 aromatic rings. The number of nitrogens with two attached hydrogens (primary N) is 1. The first kappa shape index (κ1) is 21.7. The Balaban J connectivity index is 1.39. The SMILES string of the molecule is COc1ccc2c(c1)C(=O)N(C[C@@]1(C#CC3=CN=CC(c4csc(N)n4)C3)NC(=O)NC1=O)C2. The lowest BCUT2D eigenvalue weighted by Gasteiger charge is -2.26. The van der Waals surface area contributed by atoms with Gasteiger partial charge in [0.1, 0.15) is 5.75 Å². The van der Waals surface area contributed by atoms with Gasteiger partial charge >= 0.3 is 6.03 Å². The van der Waals surface area contributed by atoms with Crippen molar-refractivity contribution in [3.8, 4) is 17.6 Å². The number of thiazole rings is 1. The van der Waals surface area contributed by atoms with Crippen molar-refractivity contribution in [3.05, 3.63) is 52.2 Å². The summed E-state index contributed by atoms with van der Waals surface area (Å²) in [6.45, 7) is 0.195. The Kier molecular flexibility index (Phi) is 5.30. The lowest BCUT2D eigenvalue weighted by Crippen LogP contribution is -2.54. The highest BCUT2D eigenvalue weighted by Crippen LogP contribution is 2.29. The number of methoxy groups -OCH3 is 1. The molecule has 4 amide bonds. The molecule has 0 saturated carbocycles. The van der Waals surface area contributed by atoms with Gasteiger partial charge in [-0.15, -0.1) is 11.3 Å². The fourth-order valence-corrected chi connectivity index (χ4v) is 4.74. The Labute approximate surface area is 198 Å². The summed E-state index contributed by atoms with van der Waals surface area (Å²) in [5, 5.41) is 7.21. The number of carbonyl (C=O) groups excluding carboxylic acids is 3. The Morgan fingerprint density at radius 1 is 1.35 bits per heavy atom. The molecule has 11 heteroatoms. The fourth-order valence-electron chi connectivity index (χ4n) is 4.11. The number of ether oxygens (including phenoxy) is 1. The number of fused-ring (bicyclic) bond motifs is 1. The van der Waals surface area contributed by atoms with Crippen molar-refractivity contribution < 1.29 is 19.1 Å². The molecule has 0 aliphatic carbocycles. The van der Waals surface area contributed by atoms with Crippen LogP contribution in [0, 0.1) is 11.8 Å². The van der Waals surface area contributed by atoms with Gasteiger partial charge in [-0.3, -0.25) is 19.9 Å². The number of imide groups is 1. The normalized spacial score (nSPS) is 23.1. The van der Waals surface area contributed by atoms with Crippen LogP contribution in [0.5, 0.6) is 5.75 Å². The maximum absolute atomic E-state index is 13.0. The topological polar surface area (TPSA) is 139 Å². The van der Waals surface area contributed by atoms with Crippen molar-refractivity contribution in [2.45, 2.75) is 24.4 Å². The van der Waals surface area contributed by atoms with E-state index < -0.39 is 17.5 Å². The molecule has 5 rings (SSSR count). The van der Waals surface area contributed by atoms with Gasteiger partial charge in [0.15, 0.2) is 5.13 Å². The van der Waals surface area contributed by atoms with Crippen LogP contribution in [0.25, 0.3) is 0 Å². The lowest BCUT2D eigenvalue weighted by atomic mass is 9.94. The van der Waals surface area contributed by atoms with E-state index >= 15 is 0 Å². The predicted molar refractivity (Wildman–Crippen MR) is 125 cm³/mol. The number of urea groups is 1. The van der Waals surface area contributed by atoms with Crippen LogP contribution in [-0.4, -0.2) is 53.1 Å². The second-order valence-electron chi connectivity index (χ2n) is 8.12. The summed E-state index contributed by atoms with van der Waals surface area (Å²) in [5.74, 6) is 5.54. The summed E-state index contributed by atoms with van der Waals surface area (Å²) < 4.78 is 5.21. The summed E-state index contributed by atoms with van der Waals surface area (Å²) in [4.78, 5) is 47.9. The molecule has 3 aliphatic rings. The third-order valence-electron chi connectivity index (χ3n) is 5.86. The monoisotopic (exact) mass is 476 g/mol. The third-order valence-corrected chi connectivity index (χ3v) is 6.55. The lowest BCUT2D eigenvalue weighted by molar-refractivity contribution is -0.122. The fraction of sp³-hybridized carbons (Fsp3) is 0.261. The number of nitrogen functional groups attached to an aromatic ring is 1. The van der Waals surface area contributed by atoms with E-state index in [0.29, 0.717) is 35.0 Å². The smallest absolute Gasteiger partial charge is 0.323 e. The number of nitrogens with one attached hydrogen (secondary N) is 2. The predicted octanol–water partition coefficient (Wildman–Crippen LogP) is 1.41. The number of allylic oxidation sites excluding steroid dienone is 1. The highest BCUT2D eigenvalue weighted by molar-refractivity contribution is 7.13. The van der Waals surface area contributed by atoms with Crippen molar-refractivity contribution in [3.63, 3.8) is 0 Å². The van der Waals surface area contributed by atoms with Crippen LogP contribution < -0.4 is 21.1 Å². The Morgan fingerprint density at radius 2 is 2.21 bits per heavy atom. The number of hydrogen-bond acceptors (Lipinski definition) is 8. The van der Waals surface area contributed by atoms with E-state index in [1.54, 1.807) is 24.5 Å². The van der Waals surface area contributed by atoms with Crippen LogP contribution in [0.1, 0.15) is 34.0 Å². The summed E-state index contributed by atoms with van der Waals surface area (Å²) in [5.41, 5.74) is 6.95. The maximum Gasteiger partial charge on any atom is 0.323 e. The molecule has 1 aromatic carbocycles. The van der Waals surface area contributed by atoms with Gasteiger partial charge in [0, 0.05) is 41.4 Å². The number of aliphatic imine (C=N–C) groups is 1. The molecule has 4 heterocycles. The number of carbonyl (C=O) groups is 3. The molecule has 0 bridgehead atoms. The van der Waals surface area contributed by atoms with Crippen LogP contribution in [0.3, 0.4) is 0 Å². The highest BCUT2D eigenvalue weighted by atomic mass is 32.1. The number of rotatable bonds is 4. The first-order valence-electron chi connectivity index (χ1n) is 10.4. The summed E-state index contributed by atoms with van der Waals surface area (Å²) in [6.07, 6.45) is 3.91. The zero-order valence-corrected chi connectivity index (χ0v) is 18.9. The number of benzene rings is 1. The number of amides is 4. The first-order valence-corrected chi connectivity index (χ1v) is 11.3. The molecule has 34 heavy (non-hydrogen) atoms. The van der Waals surface area contributed by atoms with Gasteiger partial charge < -0.3 is 20.7 Å². The molecule has 2 atom stereocenters. The molecule has 0 spiro atoms. The molecule has 172 valence electrons. The Hall–Kier alpha value is -4.17. The second kappa shape index (κ2) is 8.31. The number of anilines is 1. The van der Waals surface area contributed by atoms with Gasteiger partial charge in [0.2, 0.25) is 5.54 Å². The minimum absolute atomic E-state index is 0.0876. The van der Waals surface area contributed by atoms with Gasteiger partial charge in [0.25, 0.3) is 11.8 Å². The minimum atomic E-state index is -1.58. The average molecular weight is 477 g/mol.